The molecular weight excluding hydrogens is 224 g/mol. The molecule has 1 aliphatic carbocycles. The molecule has 2 heteroatoms. The lowest BCUT2D eigenvalue weighted by Gasteiger charge is -2.53. The summed E-state index contributed by atoms with van der Waals surface area (Å²) in [5, 5.41) is 0. The lowest BCUT2D eigenvalue weighted by Crippen LogP contribution is -2.63. The quantitative estimate of drug-likeness (QED) is 0.796. The lowest BCUT2D eigenvalue weighted by molar-refractivity contribution is -0.182. The van der Waals surface area contributed by atoms with Crippen LogP contribution in [0.2, 0.25) is 0 Å². The van der Waals surface area contributed by atoms with E-state index in [-0.39, 0.29) is 11.2 Å². The van der Waals surface area contributed by atoms with Gasteiger partial charge in [-0.25, -0.2) is 0 Å². The Kier molecular flexibility index (Phi) is 2.19. The molecule has 1 spiro atoms. The van der Waals surface area contributed by atoms with E-state index >= 15 is 0 Å². The minimum absolute atomic E-state index is 0.0306. The Morgan fingerprint density at radius 2 is 2.00 bits per heavy atom. The second-order valence-electron chi connectivity index (χ2n) is 6.26. The first-order chi connectivity index (χ1) is 8.75. The Morgan fingerprint density at radius 1 is 1.17 bits per heavy atom. The summed E-state index contributed by atoms with van der Waals surface area (Å²) in [6.45, 7) is 4.08. The molecule has 0 aromatic heterocycles. The van der Waals surface area contributed by atoms with Crippen LogP contribution in [-0.2, 0) is 15.9 Å². The van der Waals surface area contributed by atoms with E-state index in [1.807, 2.05) is 0 Å². The molecule has 2 saturated heterocycles. The average Bonchev–Trinajstić information content (AvgIpc) is 2.79. The third-order valence-electron chi connectivity index (χ3n) is 5.40. The van der Waals surface area contributed by atoms with Gasteiger partial charge >= 0.3 is 0 Å². The van der Waals surface area contributed by atoms with Crippen molar-refractivity contribution in [3.63, 3.8) is 0 Å². The van der Waals surface area contributed by atoms with E-state index in [1.165, 1.54) is 18.4 Å². The fourth-order valence-corrected chi connectivity index (χ4v) is 4.58. The highest BCUT2D eigenvalue weighted by Crippen LogP contribution is 2.63. The first-order valence-corrected chi connectivity index (χ1v) is 7.06. The zero-order valence-corrected chi connectivity index (χ0v) is 10.9. The van der Waals surface area contributed by atoms with Crippen molar-refractivity contribution in [2.45, 2.75) is 37.4 Å². The fourth-order valence-electron chi connectivity index (χ4n) is 4.58. The largest absolute Gasteiger partial charge is 0.372 e. The van der Waals surface area contributed by atoms with Gasteiger partial charge in [-0.3, -0.25) is 0 Å². The van der Waals surface area contributed by atoms with Crippen molar-refractivity contribution in [2.75, 3.05) is 13.2 Å². The zero-order chi connectivity index (χ0) is 12.2. The smallest absolute Gasteiger partial charge is 0.105 e. The Labute approximate surface area is 108 Å². The number of benzene rings is 1. The standard InChI is InChI=1S/C16H20O2/c1-15(10-12-5-3-2-4-6-12)16-13(7-8-17-16)9-14(16)11-18-15/h2-6,13-14H,7-11H2,1H3/t13-,14+,15-,16-/m0/s1. The van der Waals surface area contributed by atoms with Crippen molar-refractivity contribution < 1.29 is 9.47 Å². The predicted molar refractivity (Wildman–Crippen MR) is 69.4 cm³/mol. The first kappa shape index (κ1) is 11.0. The number of ether oxygens (including phenoxy) is 2. The van der Waals surface area contributed by atoms with Gasteiger partial charge in [-0.05, 0) is 31.2 Å². The molecule has 2 heterocycles. The Bertz CT molecular complexity index is 451. The maximum atomic E-state index is 6.23. The Balaban J connectivity index is 1.67. The van der Waals surface area contributed by atoms with Crippen LogP contribution in [0.3, 0.4) is 0 Å². The van der Waals surface area contributed by atoms with Crippen molar-refractivity contribution in [1.29, 1.82) is 0 Å². The highest BCUT2D eigenvalue weighted by atomic mass is 16.6. The van der Waals surface area contributed by atoms with Gasteiger partial charge in [-0.1, -0.05) is 30.3 Å². The van der Waals surface area contributed by atoms with Gasteiger partial charge in [0.2, 0.25) is 0 Å². The molecule has 1 aromatic carbocycles. The summed E-state index contributed by atoms with van der Waals surface area (Å²) in [5.74, 6) is 1.37. The van der Waals surface area contributed by atoms with Crippen molar-refractivity contribution in [3.05, 3.63) is 35.9 Å². The molecule has 18 heavy (non-hydrogen) atoms. The SMILES string of the molecule is C[C@@]1(Cc2ccccc2)OC[C@H]2C[C@@H]3CCO[C@@]321. The van der Waals surface area contributed by atoms with Gasteiger partial charge in [-0.2, -0.15) is 0 Å². The number of rotatable bonds is 2. The summed E-state index contributed by atoms with van der Waals surface area (Å²) in [5.41, 5.74) is 1.26. The Hall–Kier alpha value is -0.860. The maximum absolute atomic E-state index is 6.23. The average molecular weight is 244 g/mol. The highest BCUT2D eigenvalue weighted by Gasteiger charge is 2.71. The molecule has 2 aliphatic heterocycles. The van der Waals surface area contributed by atoms with E-state index in [0.717, 1.165) is 25.6 Å². The van der Waals surface area contributed by atoms with Crippen LogP contribution < -0.4 is 0 Å². The van der Waals surface area contributed by atoms with Gasteiger partial charge < -0.3 is 9.47 Å². The van der Waals surface area contributed by atoms with Crippen LogP contribution in [0.15, 0.2) is 30.3 Å². The minimum atomic E-state index is -0.127. The molecule has 2 nitrogen and oxygen atoms in total. The highest BCUT2D eigenvalue weighted by molar-refractivity contribution is 5.26. The van der Waals surface area contributed by atoms with Gasteiger partial charge in [0, 0.05) is 18.9 Å². The molecule has 3 fully saturated rings. The Morgan fingerprint density at radius 3 is 2.78 bits per heavy atom. The van der Waals surface area contributed by atoms with Gasteiger partial charge in [0.1, 0.15) is 5.60 Å². The summed E-state index contributed by atoms with van der Waals surface area (Å²) >= 11 is 0. The molecule has 0 N–H and O–H groups in total. The summed E-state index contributed by atoms with van der Waals surface area (Å²) < 4.78 is 12.4. The molecular formula is C16H20O2. The molecule has 4 rings (SSSR count). The second kappa shape index (κ2) is 3.58. The predicted octanol–water partition coefficient (Wildman–Crippen LogP) is 2.81. The maximum Gasteiger partial charge on any atom is 0.105 e. The lowest BCUT2D eigenvalue weighted by atomic mass is 9.55. The van der Waals surface area contributed by atoms with Crippen LogP contribution in [0.1, 0.15) is 25.3 Å². The normalized spacial score (nSPS) is 45.4. The van der Waals surface area contributed by atoms with Crippen LogP contribution in [0.5, 0.6) is 0 Å². The van der Waals surface area contributed by atoms with Crippen LogP contribution in [-0.4, -0.2) is 24.4 Å². The summed E-state index contributed by atoms with van der Waals surface area (Å²) in [6.07, 6.45) is 3.51. The van der Waals surface area contributed by atoms with E-state index in [2.05, 4.69) is 37.3 Å². The zero-order valence-electron chi connectivity index (χ0n) is 10.9. The number of hydrogen-bond donors (Lipinski definition) is 0. The number of hydrogen-bond acceptors (Lipinski definition) is 2. The fraction of sp³-hybridized carbons (Fsp3) is 0.625. The molecule has 0 unspecified atom stereocenters. The van der Waals surface area contributed by atoms with Crippen molar-refractivity contribution in [3.8, 4) is 0 Å². The van der Waals surface area contributed by atoms with E-state index < -0.39 is 0 Å². The van der Waals surface area contributed by atoms with Crippen molar-refractivity contribution in [1.82, 2.24) is 0 Å². The van der Waals surface area contributed by atoms with Crippen molar-refractivity contribution >= 4 is 0 Å². The van der Waals surface area contributed by atoms with Crippen molar-refractivity contribution in [2.24, 2.45) is 11.8 Å². The molecule has 3 aliphatic rings. The third kappa shape index (κ3) is 1.20. The third-order valence-corrected chi connectivity index (χ3v) is 5.40. The first-order valence-electron chi connectivity index (χ1n) is 7.06. The minimum Gasteiger partial charge on any atom is -0.372 e. The van der Waals surface area contributed by atoms with Gasteiger partial charge in [-0.15, -0.1) is 0 Å². The van der Waals surface area contributed by atoms with Gasteiger partial charge in [0.25, 0.3) is 0 Å². The molecule has 1 aromatic rings. The summed E-state index contributed by atoms with van der Waals surface area (Å²) in [7, 11) is 0. The van der Waals surface area contributed by atoms with E-state index in [4.69, 9.17) is 9.47 Å². The van der Waals surface area contributed by atoms with Crippen LogP contribution in [0.4, 0.5) is 0 Å². The van der Waals surface area contributed by atoms with E-state index in [0.29, 0.717) is 5.92 Å². The van der Waals surface area contributed by atoms with E-state index in [9.17, 15) is 0 Å². The molecule has 96 valence electrons. The molecule has 0 amide bonds. The van der Waals surface area contributed by atoms with Crippen LogP contribution in [0.25, 0.3) is 0 Å². The molecule has 0 radical (unpaired) electrons. The molecule has 0 bridgehead atoms. The van der Waals surface area contributed by atoms with E-state index in [1.54, 1.807) is 0 Å². The van der Waals surface area contributed by atoms with Crippen LogP contribution >= 0.6 is 0 Å². The monoisotopic (exact) mass is 244 g/mol. The van der Waals surface area contributed by atoms with Gasteiger partial charge in [0.15, 0.2) is 0 Å². The molecule has 1 saturated carbocycles. The summed E-state index contributed by atoms with van der Waals surface area (Å²) in [6, 6.07) is 10.7. The van der Waals surface area contributed by atoms with Crippen LogP contribution in [0, 0.1) is 11.8 Å². The second-order valence-corrected chi connectivity index (χ2v) is 6.26. The topological polar surface area (TPSA) is 18.5 Å². The molecule has 4 atom stereocenters. The van der Waals surface area contributed by atoms with Gasteiger partial charge in [0.05, 0.1) is 12.2 Å². The summed E-state index contributed by atoms with van der Waals surface area (Å²) in [4.78, 5) is 0.